The highest BCUT2D eigenvalue weighted by Crippen LogP contribution is 2.31. The third-order valence-corrected chi connectivity index (χ3v) is 4.04. The van der Waals surface area contributed by atoms with Crippen LogP contribution in [0.2, 0.25) is 0 Å². The van der Waals surface area contributed by atoms with E-state index in [2.05, 4.69) is 15.9 Å². The molecular weight excluding hydrogens is 212 g/mol. The number of benzene rings is 1. The van der Waals surface area contributed by atoms with Gasteiger partial charge in [-0.25, -0.2) is 0 Å². The second-order valence-electron chi connectivity index (χ2n) is 5.06. The Morgan fingerprint density at radius 1 is 1.12 bits per heavy atom. The van der Waals surface area contributed by atoms with Crippen LogP contribution in [-0.4, -0.2) is 37.1 Å². The van der Waals surface area contributed by atoms with Crippen molar-refractivity contribution in [3.8, 4) is 0 Å². The van der Waals surface area contributed by atoms with Crippen molar-refractivity contribution < 1.29 is 0 Å². The van der Waals surface area contributed by atoms with E-state index < -0.39 is 0 Å². The van der Waals surface area contributed by atoms with Gasteiger partial charge < -0.3 is 16.4 Å². The van der Waals surface area contributed by atoms with Crippen LogP contribution >= 0.6 is 0 Å². The summed E-state index contributed by atoms with van der Waals surface area (Å²) in [6, 6.07) is 6.65. The van der Waals surface area contributed by atoms with Gasteiger partial charge in [-0.3, -0.25) is 4.90 Å². The summed E-state index contributed by atoms with van der Waals surface area (Å²) in [5.74, 6) is 0. The lowest BCUT2D eigenvalue weighted by atomic mass is 10.1. The first-order chi connectivity index (χ1) is 8.25. The molecule has 17 heavy (non-hydrogen) atoms. The molecular formula is C13H20N4. The summed E-state index contributed by atoms with van der Waals surface area (Å²) in [6.07, 6.45) is 2.66. The first kappa shape index (κ1) is 10.7. The number of nitrogens with zero attached hydrogens (tertiary/aromatic N) is 2. The van der Waals surface area contributed by atoms with E-state index >= 15 is 0 Å². The van der Waals surface area contributed by atoms with Crippen molar-refractivity contribution in [3.05, 3.63) is 18.2 Å². The lowest BCUT2D eigenvalue weighted by molar-refractivity contribution is 0.231. The zero-order valence-corrected chi connectivity index (χ0v) is 10.1. The number of fused-ring (bicyclic) bond motifs is 1. The Bertz CT molecular complexity index is 418. The van der Waals surface area contributed by atoms with Crippen LogP contribution in [0.25, 0.3) is 0 Å². The minimum absolute atomic E-state index is 0.691. The van der Waals surface area contributed by atoms with Gasteiger partial charge in [0, 0.05) is 25.7 Å². The number of para-hydroxylation sites is 1. The highest BCUT2D eigenvalue weighted by atomic mass is 15.3. The summed E-state index contributed by atoms with van der Waals surface area (Å²) >= 11 is 0. The highest BCUT2D eigenvalue weighted by molar-refractivity contribution is 5.79. The molecule has 0 amide bonds. The normalized spacial score (nSPS) is 24.9. The highest BCUT2D eigenvalue weighted by Gasteiger charge is 2.31. The molecule has 4 nitrogen and oxygen atoms in total. The second-order valence-corrected chi connectivity index (χ2v) is 5.06. The molecule has 2 aliphatic heterocycles. The van der Waals surface area contributed by atoms with Gasteiger partial charge >= 0.3 is 0 Å². The maximum absolute atomic E-state index is 6.07. The Balaban J connectivity index is 1.82. The first-order valence-electron chi connectivity index (χ1n) is 6.38. The molecule has 0 radical (unpaired) electrons. The van der Waals surface area contributed by atoms with Gasteiger partial charge in [0.05, 0.1) is 17.1 Å². The molecule has 1 aromatic rings. The monoisotopic (exact) mass is 232 g/mol. The molecule has 4 heteroatoms. The van der Waals surface area contributed by atoms with Crippen LogP contribution in [-0.2, 0) is 0 Å². The van der Waals surface area contributed by atoms with Crippen LogP contribution in [0.15, 0.2) is 18.2 Å². The minimum Gasteiger partial charge on any atom is -0.397 e. The number of hydrogen-bond acceptors (Lipinski definition) is 4. The van der Waals surface area contributed by atoms with Gasteiger partial charge in [-0.05, 0) is 31.5 Å². The molecule has 2 heterocycles. The average Bonchev–Trinajstić information content (AvgIpc) is 2.79. The molecule has 1 atom stereocenters. The molecule has 0 aliphatic carbocycles. The van der Waals surface area contributed by atoms with Crippen molar-refractivity contribution in [2.45, 2.75) is 18.9 Å². The van der Waals surface area contributed by atoms with Crippen LogP contribution in [0.5, 0.6) is 0 Å². The minimum atomic E-state index is 0.691. The first-order valence-corrected chi connectivity index (χ1v) is 6.38. The molecule has 0 saturated carbocycles. The lowest BCUT2D eigenvalue weighted by Crippen LogP contribution is -2.50. The number of anilines is 3. The maximum atomic E-state index is 6.07. The quantitative estimate of drug-likeness (QED) is 0.713. The van der Waals surface area contributed by atoms with Crippen molar-refractivity contribution in [3.63, 3.8) is 0 Å². The van der Waals surface area contributed by atoms with Crippen LogP contribution in [0.1, 0.15) is 12.8 Å². The predicted octanol–water partition coefficient (Wildman–Crippen LogP) is 1.14. The lowest BCUT2D eigenvalue weighted by Gasteiger charge is -2.39. The van der Waals surface area contributed by atoms with Gasteiger partial charge in [0.25, 0.3) is 0 Å². The van der Waals surface area contributed by atoms with Crippen molar-refractivity contribution in [1.29, 1.82) is 0 Å². The van der Waals surface area contributed by atoms with Gasteiger partial charge in [0.1, 0.15) is 0 Å². The number of rotatable bonds is 1. The zero-order valence-electron chi connectivity index (χ0n) is 10.1. The molecule has 0 spiro atoms. The fourth-order valence-corrected chi connectivity index (χ4v) is 3.06. The molecule has 92 valence electrons. The topological polar surface area (TPSA) is 58.5 Å². The number of nitrogen functional groups attached to an aromatic ring is 2. The van der Waals surface area contributed by atoms with Crippen LogP contribution in [0.4, 0.5) is 17.1 Å². The average molecular weight is 232 g/mol. The number of nitrogens with two attached hydrogens (primary N) is 2. The van der Waals surface area contributed by atoms with Gasteiger partial charge in [-0.1, -0.05) is 6.07 Å². The van der Waals surface area contributed by atoms with Gasteiger partial charge in [-0.15, -0.1) is 0 Å². The molecule has 0 bridgehead atoms. The summed E-state index contributed by atoms with van der Waals surface area (Å²) in [5.41, 5.74) is 14.5. The SMILES string of the molecule is Nc1cccc(N2CCN3CCCC3C2)c1N. The summed E-state index contributed by atoms with van der Waals surface area (Å²) in [7, 11) is 0. The summed E-state index contributed by atoms with van der Waals surface area (Å²) in [5, 5.41) is 0. The largest absolute Gasteiger partial charge is 0.397 e. The van der Waals surface area contributed by atoms with E-state index in [9.17, 15) is 0 Å². The molecule has 1 aromatic carbocycles. The Labute approximate surface area is 102 Å². The molecule has 2 aliphatic rings. The fraction of sp³-hybridized carbons (Fsp3) is 0.538. The smallest absolute Gasteiger partial charge is 0.0785 e. The van der Waals surface area contributed by atoms with Crippen LogP contribution in [0.3, 0.4) is 0 Å². The molecule has 3 rings (SSSR count). The Morgan fingerprint density at radius 2 is 2.00 bits per heavy atom. The van der Waals surface area contributed by atoms with Crippen molar-refractivity contribution in [2.24, 2.45) is 0 Å². The molecule has 0 aromatic heterocycles. The number of hydrogen-bond donors (Lipinski definition) is 2. The standard InChI is InChI=1S/C13H20N4/c14-11-4-1-5-12(13(11)15)17-8-7-16-6-2-3-10(16)9-17/h1,4-5,10H,2-3,6-9,14-15H2. The van der Waals surface area contributed by atoms with E-state index in [1.165, 1.54) is 19.4 Å². The van der Waals surface area contributed by atoms with E-state index in [0.717, 1.165) is 31.0 Å². The van der Waals surface area contributed by atoms with E-state index in [0.29, 0.717) is 11.7 Å². The number of piperazine rings is 1. The Morgan fingerprint density at radius 3 is 2.88 bits per heavy atom. The summed E-state index contributed by atoms with van der Waals surface area (Å²) < 4.78 is 0. The van der Waals surface area contributed by atoms with Gasteiger partial charge in [0.15, 0.2) is 0 Å². The van der Waals surface area contributed by atoms with Crippen molar-refractivity contribution in [2.75, 3.05) is 42.5 Å². The third-order valence-electron chi connectivity index (χ3n) is 4.04. The van der Waals surface area contributed by atoms with Crippen molar-refractivity contribution >= 4 is 17.1 Å². The summed E-state index contributed by atoms with van der Waals surface area (Å²) in [4.78, 5) is 4.98. The van der Waals surface area contributed by atoms with E-state index in [1.807, 2.05) is 12.1 Å². The van der Waals surface area contributed by atoms with E-state index in [1.54, 1.807) is 0 Å². The molecule has 4 N–H and O–H groups in total. The third kappa shape index (κ3) is 1.82. The van der Waals surface area contributed by atoms with Crippen LogP contribution in [0, 0.1) is 0 Å². The predicted molar refractivity (Wildman–Crippen MR) is 72.1 cm³/mol. The Hall–Kier alpha value is -1.42. The van der Waals surface area contributed by atoms with Gasteiger partial charge in [-0.2, -0.15) is 0 Å². The maximum Gasteiger partial charge on any atom is 0.0785 e. The fourth-order valence-electron chi connectivity index (χ4n) is 3.06. The van der Waals surface area contributed by atoms with E-state index in [-0.39, 0.29) is 0 Å². The zero-order chi connectivity index (χ0) is 11.8. The van der Waals surface area contributed by atoms with Gasteiger partial charge in [0.2, 0.25) is 0 Å². The second kappa shape index (κ2) is 4.11. The van der Waals surface area contributed by atoms with Crippen molar-refractivity contribution in [1.82, 2.24) is 4.90 Å². The molecule has 2 saturated heterocycles. The molecule has 1 unspecified atom stereocenters. The Kier molecular flexibility index (Phi) is 2.59. The molecule has 2 fully saturated rings. The summed E-state index contributed by atoms with van der Waals surface area (Å²) in [6.45, 7) is 4.57. The van der Waals surface area contributed by atoms with Crippen LogP contribution < -0.4 is 16.4 Å². The van der Waals surface area contributed by atoms with E-state index in [4.69, 9.17) is 11.5 Å².